The smallest absolute Gasteiger partial charge is 0.290 e. The molecule has 1 saturated heterocycles. The van der Waals surface area contributed by atoms with Crippen molar-refractivity contribution in [1.82, 2.24) is 29.9 Å². The molecule has 7 rings (SSSR count). The molecule has 12 nitrogen and oxygen atoms in total. The first kappa shape index (κ1) is 31.7. The molecule has 2 aliphatic heterocycles. The van der Waals surface area contributed by atoms with Gasteiger partial charge in [0, 0.05) is 60.8 Å². The zero-order valence-corrected chi connectivity index (χ0v) is 26.6. The molecule has 3 amide bonds. The number of hydrogen-bond donors (Lipinski definition) is 2. The Morgan fingerprint density at radius 1 is 1.02 bits per heavy atom. The van der Waals surface area contributed by atoms with Crippen molar-refractivity contribution >= 4 is 56.7 Å². The second kappa shape index (κ2) is 14.0. The van der Waals surface area contributed by atoms with E-state index in [-0.39, 0.29) is 30.1 Å². The number of nitrogens with one attached hydrogen (secondary N) is 1. The predicted molar refractivity (Wildman–Crippen MR) is 177 cm³/mol. The number of ether oxygens (including phenoxy) is 1. The quantitative estimate of drug-likeness (QED) is 0.274. The Hall–Kier alpha value is -5.30. The van der Waals surface area contributed by atoms with E-state index in [4.69, 9.17) is 14.6 Å². The zero-order valence-electron chi connectivity index (χ0n) is 25.7. The minimum atomic E-state index is -0.430. The molecular formula is C34H34N6O6S. The van der Waals surface area contributed by atoms with E-state index in [9.17, 15) is 14.4 Å². The van der Waals surface area contributed by atoms with Crippen LogP contribution in [-0.2, 0) is 16.6 Å². The van der Waals surface area contributed by atoms with Gasteiger partial charge in [-0.2, -0.15) is 5.10 Å². The van der Waals surface area contributed by atoms with Gasteiger partial charge >= 0.3 is 0 Å². The fraction of sp³-hybridized carbons (Fsp3) is 0.294. The van der Waals surface area contributed by atoms with Crippen molar-refractivity contribution < 1.29 is 29.0 Å². The first-order valence-corrected chi connectivity index (χ1v) is 16.2. The van der Waals surface area contributed by atoms with Gasteiger partial charge in [0.15, 0.2) is 0 Å². The highest BCUT2D eigenvalue weighted by molar-refractivity contribution is 7.17. The Morgan fingerprint density at radius 3 is 2.68 bits per heavy atom. The Labute approximate surface area is 274 Å². The van der Waals surface area contributed by atoms with Crippen molar-refractivity contribution in [2.45, 2.75) is 12.3 Å². The summed E-state index contributed by atoms with van der Waals surface area (Å²) in [6.45, 7) is 2.11. The fourth-order valence-electron chi connectivity index (χ4n) is 6.25. The second-order valence-electron chi connectivity index (χ2n) is 11.4. The van der Waals surface area contributed by atoms with Crippen molar-refractivity contribution in [3.05, 3.63) is 89.1 Å². The molecule has 0 unspecified atom stereocenters. The van der Waals surface area contributed by atoms with E-state index in [0.717, 1.165) is 26.7 Å². The van der Waals surface area contributed by atoms with Crippen LogP contribution in [0.3, 0.4) is 0 Å². The number of amides is 3. The van der Waals surface area contributed by atoms with Gasteiger partial charge in [-0.05, 0) is 36.2 Å². The number of benzene rings is 2. The van der Waals surface area contributed by atoms with Crippen LogP contribution < -0.4 is 10.1 Å². The van der Waals surface area contributed by atoms with Gasteiger partial charge in [0.25, 0.3) is 18.3 Å². The summed E-state index contributed by atoms with van der Waals surface area (Å²) in [6, 6.07) is 17.5. The number of carbonyl (C=O) groups is 4. The number of thiophene rings is 1. The Bertz CT molecular complexity index is 1940. The van der Waals surface area contributed by atoms with Crippen LogP contribution in [0.15, 0.2) is 72.4 Å². The molecule has 0 spiro atoms. The molecule has 0 radical (unpaired) electrons. The Balaban J connectivity index is 0.00000124. The largest absolute Gasteiger partial charge is 0.492 e. The topological polar surface area (TPSA) is 147 Å². The van der Waals surface area contributed by atoms with Crippen molar-refractivity contribution in [2.75, 3.05) is 39.3 Å². The van der Waals surface area contributed by atoms with Gasteiger partial charge in [0.05, 0.1) is 35.3 Å². The molecule has 242 valence electrons. The summed E-state index contributed by atoms with van der Waals surface area (Å²) in [5.74, 6) is -0.258. The van der Waals surface area contributed by atoms with Gasteiger partial charge in [0.2, 0.25) is 5.91 Å². The van der Waals surface area contributed by atoms with Crippen LogP contribution in [0.1, 0.15) is 38.6 Å². The molecule has 2 atom stereocenters. The third kappa shape index (κ3) is 6.66. The van der Waals surface area contributed by atoms with Gasteiger partial charge in [0.1, 0.15) is 17.9 Å². The number of nitrogens with zero attached hydrogens (tertiary/aromatic N) is 5. The summed E-state index contributed by atoms with van der Waals surface area (Å²) in [4.78, 5) is 57.2. The number of carboxylic acid groups (broad SMARTS) is 1. The van der Waals surface area contributed by atoms with Crippen LogP contribution >= 0.6 is 11.3 Å². The molecule has 5 heterocycles. The van der Waals surface area contributed by atoms with Gasteiger partial charge < -0.3 is 25.0 Å². The van der Waals surface area contributed by atoms with E-state index in [1.807, 2.05) is 65.9 Å². The van der Waals surface area contributed by atoms with E-state index >= 15 is 0 Å². The minimum Gasteiger partial charge on any atom is -0.492 e. The summed E-state index contributed by atoms with van der Waals surface area (Å²) in [5.41, 5.74) is 3.59. The van der Waals surface area contributed by atoms with E-state index < -0.39 is 5.92 Å². The number of carbonyl (C=O) groups excluding carboxylic acids is 3. The van der Waals surface area contributed by atoms with Crippen molar-refractivity contribution in [2.24, 2.45) is 13.0 Å². The van der Waals surface area contributed by atoms with Crippen LogP contribution in [0, 0.1) is 5.92 Å². The average molecular weight is 655 g/mol. The van der Waals surface area contributed by atoms with E-state index in [1.54, 1.807) is 39.4 Å². The monoisotopic (exact) mass is 654 g/mol. The highest BCUT2D eigenvalue weighted by Gasteiger charge is 2.41. The SMILES string of the molecule is Cn1ncc2ncc(C(=O)N3C[C@@H]4C(=O)NCCCN(C(=O)c5csc6ccccc56)CCOc5cccc(c5)[C@H]4C3)cc21.O=CO. The number of likely N-dealkylation sites (tertiary alicyclic amines) is 1. The fourth-order valence-corrected chi connectivity index (χ4v) is 7.18. The molecule has 2 N–H and O–H groups in total. The first-order valence-electron chi connectivity index (χ1n) is 15.3. The van der Waals surface area contributed by atoms with Gasteiger partial charge in [-0.15, -0.1) is 11.3 Å². The lowest BCUT2D eigenvalue weighted by Gasteiger charge is -2.24. The predicted octanol–water partition coefficient (Wildman–Crippen LogP) is 3.78. The van der Waals surface area contributed by atoms with Crippen LogP contribution in [0.5, 0.6) is 5.75 Å². The molecule has 1 fully saturated rings. The molecule has 5 aromatic rings. The number of hydrogen-bond acceptors (Lipinski definition) is 8. The molecule has 3 aromatic heterocycles. The van der Waals surface area contributed by atoms with Crippen LogP contribution in [0.25, 0.3) is 21.1 Å². The second-order valence-corrected chi connectivity index (χ2v) is 12.3. The molecule has 2 aliphatic rings. The number of aryl methyl sites for hydroxylation is 1. The lowest BCUT2D eigenvalue weighted by atomic mass is 9.88. The number of rotatable bonds is 2. The summed E-state index contributed by atoms with van der Waals surface area (Å²) < 4.78 is 8.92. The standard InChI is InChI=1S/C33H32N6O4S.CH2O2/c1-37-29-15-22(16-35-28(29)17-36-37)32(41)39-18-25-21-6-4-7-23(14-21)43-13-12-38(11-5-10-34-31(40)26(25)19-39)33(42)27-20-44-30-9-3-2-8-24(27)30;2-1-3/h2-4,6-9,14-17,20,25-26H,5,10-13,18-19H2,1H3,(H,34,40);1H,(H,2,3)/t25-,26+;/m1./s1. The molecule has 2 aromatic carbocycles. The summed E-state index contributed by atoms with van der Waals surface area (Å²) in [6.07, 6.45) is 3.84. The average Bonchev–Trinajstić information content (AvgIpc) is 3.82. The zero-order chi connectivity index (χ0) is 32.9. The Morgan fingerprint density at radius 2 is 1.83 bits per heavy atom. The number of fused-ring (bicyclic) bond motifs is 6. The molecule has 2 bridgehead atoms. The highest BCUT2D eigenvalue weighted by atomic mass is 32.1. The van der Waals surface area contributed by atoms with E-state index in [1.165, 1.54) is 0 Å². The normalized spacial score (nSPS) is 18.4. The lowest BCUT2D eigenvalue weighted by molar-refractivity contribution is -0.125. The van der Waals surface area contributed by atoms with Crippen molar-refractivity contribution in [1.29, 1.82) is 0 Å². The molecular weight excluding hydrogens is 620 g/mol. The lowest BCUT2D eigenvalue weighted by Crippen LogP contribution is -2.39. The third-order valence-corrected chi connectivity index (χ3v) is 9.57. The molecule has 0 aliphatic carbocycles. The molecule has 0 saturated carbocycles. The van der Waals surface area contributed by atoms with Crippen molar-refractivity contribution in [3.63, 3.8) is 0 Å². The maximum atomic E-state index is 13.6. The van der Waals surface area contributed by atoms with Crippen molar-refractivity contribution in [3.8, 4) is 5.75 Å². The van der Waals surface area contributed by atoms with Crippen LogP contribution in [0.4, 0.5) is 0 Å². The number of pyridine rings is 1. The Kier molecular flexibility index (Phi) is 9.43. The van der Waals surface area contributed by atoms with Gasteiger partial charge in [-0.25, -0.2) is 0 Å². The highest BCUT2D eigenvalue weighted by Crippen LogP contribution is 2.35. The van der Waals surface area contributed by atoms with Crippen LogP contribution in [0.2, 0.25) is 0 Å². The van der Waals surface area contributed by atoms with Gasteiger partial charge in [-0.3, -0.25) is 28.8 Å². The maximum Gasteiger partial charge on any atom is 0.290 e. The van der Waals surface area contributed by atoms with Gasteiger partial charge in [-0.1, -0.05) is 30.3 Å². The maximum absolute atomic E-state index is 13.6. The molecule has 47 heavy (non-hydrogen) atoms. The molecule has 13 heteroatoms. The minimum absolute atomic E-state index is 0.0398. The summed E-state index contributed by atoms with van der Waals surface area (Å²) in [5, 5.41) is 17.1. The third-order valence-electron chi connectivity index (χ3n) is 8.61. The first-order chi connectivity index (χ1) is 22.9. The van der Waals surface area contributed by atoms with E-state index in [0.29, 0.717) is 62.6 Å². The summed E-state index contributed by atoms with van der Waals surface area (Å²) >= 11 is 1.56. The summed E-state index contributed by atoms with van der Waals surface area (Å²) in [7, 11) is 1.82. The number of aromatic nitrogens is 3. The van der Waals surface area contributed by atoms with Crippen LogP contribution in [-0.4, -0.2) is 93.2 Å². The van der Waals surface area contributed by atoms with E-state index in [2.05, 4.69) is 15.4 Å².